The number of nitrogens with two attached hydrogens (primary N) is 1. The van der Waals surface area contributed by atoms with Gasteiger partial charge >= 0.3 is 0 Å². The van der Waals surface area contributed by atoms with E-state index in [1.54, 1.807) is 12.1 Å². The van der Waals surface area contributed by atoms with E-state index in [0.717, 1.165) is 12.8 Å². The molecule has 9 heteroatoms. The molecule has 0 bridgehead atoms. The number of pyridine rings is 1. The Morgan fingerprint density at radius 2 is 2.00 bits per heavy atom. The Kier molecular flexibility index (Phi) is 8.11. The lowest BCUT2D eigenvalue weighted by Crippen LogP contribution is -2.14. The molecule has 0 saturated carbocycles. The lowest BCUT2D eigenvalue weighted by molar-refractivity contribution is 0.217. The summed E-state index contributed by atoms with van der Waals surface area (Å²) in [7, 11) is 3.03. The Morgan fingerprint density at radius 3 is 2.64 bits per heavy atom. The third-order valence-electron chi connectivity index (χ3n) is 4.12. The van der Waals surface area contributed by atoms with Gasteiger partial charge in [-0.25, -0.2) is 0 Å². The predicted molar refractivity (Wildman–Crippen MR) is 109 cm³/mol. The molecule has 0 aliphatic heterocycles. The summed E-state index contributed by atoms with van der Waals surface area (Å²) in [6.07, 6.45) is 1.67. The maximum Gasteiger partial charge on any atom is 0.232 e. The van der Waals surface area contributed by atoms with Crippen LogP contribution in [0.5, 0.6) is 11.8 Å². The highest BCUT2D eigenvalue weighted by molar-refractivity contribution is 6.31. The molecule has 8 nitrogen and oxygen atoms in total. The fourth-order valence-corrected chi connectivity index (χ4v) is 2.65. The normalized spacial score (nSPS) is 11.3. The van der Waals surface area contributed by atoms with Crippen LogP contribution in [-0.4, -0.2) is 47.4 Å². The highest BCUT2D eigenvalue weighted by Crippen LogP contribution is 2.23. The summed E-state index contributed by atoms with van der Waals surface area (Å²) in [5.74, 6) is 7.41. The first-order valence-electron chi connectivity index (χ1n) is 8.81. The summed E-state index contributed by atoms with van der Waals surface area (Å²) in [6, 6.07) is 3.43. The van der Waals surface area contributed by atoms with Gasteiger partial charge in [0, 0.05) is 19.2 Å². The average molecular weight is 406 g/mol. The molecule has 150 valence electrons. The van der Waals surface area contributed by atoms with Gasteiger partial charge in [0.2, 0.25) is 17.7 Å². The van der Waals surface area contributed by atoms with Gasteiger partial charge in [-0.15, -0.1) is 0 Å². The van der Waals surface area contributed by atoms with E-state index in [4.69, 9.17) is 26.8 Å². The number of aromatic nitrogens is 3. The number of hydrogen-bond acceptors (Lipinski definition) is 8. The lowest BCUT2D eigenvalue weighted by atomic mass is 10.0. The van der Waals surface area contributed by atoms with E-state index < -0.39 is 0 Å². The zero-order chi connectivity index (χ0) is 20.5. The minimum atomic E-state index is 0.0518. The smallest absolute Gasteiger partial charge is 0.232 e. The Bertz CT molecular complexity index is 863. The Morgan fingerprint density at radius 1 is 1.21 bits per heavy atom. The molecule has 1 unspecified atom stereocenters. The quantitative estimate of drug-likeness (QED) is 0.452. The molecule has 4 N–H and O–H groups in total. The van der Waals surface area contributed by atoms with Crippen LogP contribution in [0.1, 0.15) is 30.9 Å². The van der Waals surface area contributed by atoms with Crippen molar-refractivity contribution >= 4 is 23.4 Å². The van der Waals surface area contributed by atoms with Crippen molar-refractivity contribution in [3.8, 4) is 23.6 Å². The zero-order valence-electron chi connectivity index (χ0n) is 16.1. The number of halogens is 1. The van der Waals surface area contributed by atoms with Gasteiger partial charge < -0.3 is 25.6 Å². The number of rotatable bonds is 8. The summed E-state index contributed by atoms with van der Waals surface area (Å²) < 4.78 is 10.3. The largest absolute Gasteiger partial charge is 0.481 e. The van der Waals surface area contributed by atoms with Crippen molar-refractivity contribution in [3.63, 3.8) is 0 Å². The van der Waals surface area contributed by atoms with E-state index in [9.17, 15) is 5.11 Å². The van der Waals surface area contributed by atoms with Gasteiger partial charge in [0.25, 0.3) is 0 Å². The van der Waals surface area contributed by atoms with Crippen molar-refractivity contribution in [2.24, 2.45) is 5.92 Å². The number of anilines is 2. The molecule has 0 fully saturated rings. The molecule has 0 radical (unpaired) electrons. The van der Waals surface area contributed by atoms with Crippen molar-refractivity contribution in [2.75, 3.05) is 38.4 Å². The van der Waals surface area contributed by atoms with Crippen LogP contribution in [-0.2, 0) is 0 Å². The monoisotopic (exact) mass is 405 g/mol. The van der Waals surface area contributed by atoms with E-state index in [0.29, 0.717) is 35.2 Å². The van der Waals surface area contributed by atoms with Gasteiger partial charge in [0.1, 0.15) is 11.4 Å². The summed E-state index contributed by atoms with van der Waals surface area (Å²) >= 11 is 6.24. The predicted octanol–water partition coefficient (Wildman–Crippen LogP) is 2.34. The standard InChI is InChI=1S/C19H24ClN5O3/c1-4-12(11-26)9-10-22-17-14(16(20)24-19(21)25-17)7-5-13-6-8-15(27-2)23-18(13)28-3/h6,8,12,26H,4,9-11H2,1-3H3,(H3,21,22,24,25). The second-order valence-electron chi connectivity index (χ2n) is 5.93. The first-order valence-corrected chi connectivity index (χ1v) is 9.18. The van der Waals surface area contributed by atoms with Gasteiger partial charge in [0.05, 0.1) is 19.8 Å². The van der Waals surface area contributed by atoms with Crippen LogP contribution in [0.4, 0.5) is 11.8 Å². The van der Waals surface area contributed by atoms with Crippen molar-refractivity contribution in [3.05, 3.63) is 28.4 Å². The molecule has 0 aliphatic rings. The highest BCUT2D eigenvalue weighted by Gasteiger charge is 2.12. The molecular weight excluding hydrogens is 382 g/mol. The van der Waals surface area contributed by atoms with Crippen LogP contribution in [0.15, 0.2) is 12.1 Å². The third kappa shape index (κ3) is 5.62. The van der Waals surface area contributed by atoms with Crippen LogP contribution in [0, 0.1) is 17.8 Å². The van der Waals surface area contributed by atoms with Gasteiger partial charge in [-0.1, -0.05) is 36.8 Å². The Balaban J connectivity index is 2.30. The minimum absolute atomic E-state index is 0.0518. The third-order valence-corrected chi connectivity index (χ3v) is 4.40. The van der Waals surface area contributed by atoms with Gasteiger partial charge in [-0.3, -0.25) is 0 Å². The van der Waals surface area contributed by atoms with Crippen molar-refractivity contribution in [1.29, 1.82) is 0 Å². The molecule has 0 saturated heterocycles. The van der Waals surface area contributed by atoms with E-state index >= 15 is 0 Å². The molecule has 0 aliphatic carbocycles. The molecule has 2 rings (SSSR count). The van der Waals surface area contributed by atoms with Gasteiger partial charge in [-0.05, 0) is 18.4 Å². The summed E-state index contributed by atoms with van der Waals surface area (Å²) in [6.45, 7) is 2.77. The van der Waals surface area contributed by atoms with Gasteiger partial charge in [-0.2, -0.15) is 15.0 Å². The number of nitrogens with zero attached hydrogens (tertiary/aromatic N) is 3. The number of ether oxygens (including phenoxy) is 2. The molecule has 2 aromatic heterocycles. The molecule has 0 spiro atoms. The molecule has 0 aromatic carbocycles. The van der Waals surface area contributed by atoms with Crippen LogP contribution in [0.2, 0.25) is 5.15 Å². The van der Waals surface area contributed by atoms with Crippen molar-refractivity contribution < 1.29 is 14.6 Å². The number of nitrogen functional groups attached to an aromatic ring is 1. The first kappa shape index (κ1) is 21.5. The fraction of sp³-hybridized carbons (Fsp3) is 0.421. The molecule has 2 aromatic rings. The molecule has 0 amide bonds. The number of aliphatic hydroxyl groups excluding tert-OH is 1. The second kappa shape index (κ2) is 10.5. The number of nitrogens with one attached hydrogen (secondary N) is 1. The van der Waals surface area contributed by atoms with E-state index in [1.807, 2.05) is 6.92 Å². The zero-order valence-corrected chi connectivity index (χ0v) is 16.9. The number of hydrogen-bond donors (Lipinski definition) is 3. The van der Waals surface area contributed by atoms with Crippen LogP contribution < -0.4 is 20.5 Å². The topological polar surface area (TPSA) is 115 Å². The van der Waals surface area contributed by atoms with Crippen LogP contribution in [0.25, 0.3) is 0 Å². The molecule has 2 heterocycles. The minimum Gasteiger partial charge on any atom is -0.481 e. The molecular formula is C19H24ClN5O3. The van der Waals surface area contributed by atoms with E-state index in [2.05, 4.69) is 32.1 Å². The number of methoxy groups -OCH3 is 2. The average Bonchev–Trinajstić information content (AvgIpc) is 2.70. The summed E-state index contributed by atoms with van der Waals surface area (Å²) in [5, 5.41) is 12.7. The van der Waals surface area contributed by atoms with Crippen molar-refractivity contribution in [1.82, 2.24) is 15.0 Å². The van der Waals surface area contributed by atoms with E-state index in [1.165, 1.54) is 14.2 Å². The molecule has 1 atom stereocenters. The second-order valence-corrected chi connectivity index (χ2v) is 6.29. The Labute approximate surface area is 169 Å². The summed E-state index contributed by atoms with van der Waals surface area (Å²) in [5.41, 5.74) is 6.70. The highest BCUT2D eigenvalue weighted by atomic mass is 35.5. The SMILES string of the molecule is CCC(CO)CCNc1nc(N)nc(Cl)c1C#Cc1ccc(OC)nc1OC. The van der Waals surface area contributed by atoms with Crippen molar-refractivity contribution in [2.45, 2.75) is 19.8 Å². The number of aliphatic hydroxyl groups is 1. The maximum absolute atomic E-state index is 9.32. The Hall–Kier alpha value is -2.76. The summed E-state index contributed by atoms with van der Waals surface area (Å²) in [4.78, 5) is 12.4. The fourth-order valence-electron chi connectivity index (χ4n) is 2.43. The first-order chi connectivity index (χ1) is 13.5. The van der Waals surface area contributed by atoms with Crippen LogP contribution >= 0.6 is 11.6 Å². The molecule has 28 heavy (non-hydrogen) atoms. The van der Waals surface area contributed by atoms with Crippen LogP contribution in [0.3, 0.4) is 0 Å². The van der Waals surface area contributed by atoms with E-state index in [-0.39, 0.29) is 23.6 Å². The lowest BCUT2D eigenvalue weighted by Gasteiger charge is -2.13. The maximum atomic E-state index is 9.32. The van der Waals surface area contributed by atoms with Gasteiger partial charge in [0.15, 0.2) is 5.15 Å².